The quantitative estimate of drug-likeness (QED) is 0.553. The molecule has 0 saturated carbocycles. The molecule has 2 heterocycles. The van der Waals surface area contributed by atoms with Crippen molar-refractivity contribution >= 4 is 21.8 Å². The molecule has 0 unspecified atom stereocenters. The number of hydrogen-bond donors (Lipinski definition) is 0. The van der Waals surface area contributed by atoms with Gasteiger partial charge in [0, 0.05) is 42.1 Å². The zero-order valence-corrected chi connectivity index (χ0v) is 18.0. The number of imidazole rings is 1. The number of carbonyl (C=O) groups is 1. The van der Waals surface area contributed by atoms with Crippen LogP contribution in [0.2, 0.25) is 0 Å². The molecular formula is C23H24BrN3O2. The number of benzene rings is 2. The molecule has 4 rings (SSSR count). The zero-order chi connectivity index (χ0) is 20.2. The minimum atomic E-state index is 0.0573. The lowest BCUT2D eigenvalue weighted by atomic mass is 9.96. The first kappa shape index (κ1) is 19.7. The van der Waals surface area contributed by atoms with E-state index in [1.165, 1.54) is 0 Å². The summed E-state index contributed by atoms with van der Waals surface area (Å²) >= 11 is 3.50. The molecule has 1 amide bonds. The lowest BCUT2D eigenvalue weighted by Gasteiger charge is -2.32. The molecule has 1 fully saturated rings. The molecule has 29 heavy (non-hydrogen) atoms. The first-order valence-electron chi connectivity index (χ1n) is 9.85. The van der Waals surface area contributed by atoms with Gasteiger partial charge >= 0.3 is 0 Å². The Morgan fingerprint density at radius 3 is 2.66 bits per heavy atom. The monoisotopic (exact) mass is 453 g/mol. The number of methoxy groups -OCH3 is 1. The molecular weight excluding hydrogens is 430 g/mol. The number of hydrogen-bond acceptors (Lipinski definition) is 3. The van der Waals surface area contributed by atoms with Crippen molar-refractivity contribution in [2.75, 3.05) is 20.2 Å². The minimum absolute atomic E-state index is 0.0573. The standard InChI is InChI=1S/C23H24BrN3O2/c1-29-19-7-8-21(24)20(15-19)23(28)26-12-9-17(10-13-26)16-27-14-11-25-22(27)18-5-3-2-4-6-18/h2-8,11,14-15,17H,9-10,12-13,16H2,1H3. The van der Waals surface area contributed by atoms with Crippen molar-refractivity contribution in [3.05, 3.63) is 71.0 Å². The normalized spacial score (nSPS) is 14.8. The third kappa shape index (κ3) is 4.37. The predicted molar refractivity (Wildman–Crippen MR) is 117 cm³/mol. The van der Waals surface area contributed by atoms with Gasteiger partial charge in [0.05, 0.1) is 12.7 Å². The molecule has 0 radical (unpaired) electrons. The summed E-state index contributed by atoms with van der Waals surface area (Å²) in [4.78, 5) is 19.5. The molecule has 0 aliphatic carbocycles. The highest BCUT2D eigenvalue weighted by Gasteiger charge is 2.25. The summed E-state index contributed by atoms with van der Waals surface area (Å²) in [6, 6.07) is 15.8. The highest BCUT2D eigenvalue weighted by Crippen LogP contribution is 2.27. The first-order chi connectivity index (χ1) is 14.2. The number of halogens is 1. The Morgan fingerprint density at radius 1 is 1.17 bits per heavy atom. The number of aromatic nitrogens is 2. The molecule has 1 aliphatic heterocycles. The van der Waals surface area contributed by atoms with Gasteiger partial charge in [-0.3, -0.25) is 4.79 Å². The van der Waals surface area contributed by atoms with Crippen LogP contribution in [0.4, 0.5) is 0 Å². The van der Waals surface area contributed by atoms with E-state index in [1.54, 1.807) is 13.2 Å². The van der Waals surface area contributed by atoms with Gasteiger partial charge in [-0.1, -0.05) is 30.3 Å². The number of carbonyl (C=O) groups excluding carboxylic acids is 1. The number of ether oxygens (including phenoxy) is 1. The summed E-state index contributed by atoms with van der Waals surface area (Å²) in [7, 11) is 1.61. The molecule has 6 heteroatoms. The van der Waals surface area contributed by atoms with Gasteiger partial charge in [-0.2, -0.15) is 0 Å². The maximum Gasteiger partial charge on any atom is 0.255 e. The SMILES string of the molecule is COc1ccc(Br)c(C(=O)N2CCC(Cn3ccnc3-c3ccccc3)CC2)c1. The summed E-state index contributed by atoms with van der Waals surface area (Å²) in [6.45, 7) is 2.46. The van der Waals surface area contributed by atoms with Crippen molar-refractivity contribution in [3.8, 4) is 17.1 Å². The Labute approximate surface area is 179 Å². The van der Waals surface area contributed by atoms with Gasteiger partial charge in [-0.25, -0.2) is 4.98 Å². The smallest absolute Gasteiger partial charge is 0.255 e. The molecule has 1 saturated heterocycles. The number of nitrogens with zero attached hydrogens (tertiary/aromatic N) is 3. The van der Waals surface area contributed by atoms with Gasteiger partial charge in [0.25, 0.3) is 5.91 Å². The van der Waals surface area contributed by atoms with E-state index in [-0.39, 0.29) is 5.91 Å². The molecule has 0 spiro atoms. The van der Waals surface area contributed by atoms with Gasteiger partial charge in [0.15, 0.2) is 0 Å². The van der Waals surface area contributed by atoms with Crippen LogP contribution in [0.1, 0.15) is 23.2 Å². The first-order valence-corrected chi connectivity index (χ1v) is 10.6. The average Bonchev–Trinajstić information content (AvgIpc) is 3.23. The average molecular weight is 454 g/mol. The second-order valence-corrected chi connectivity index (χ2v) is 8.20. The lowest BCUT2D eigenvalue weighted by Crippen LogP contribution is -2.39. The van der Waals surface area contributed by atoms with Crippen molar-refractivity contribution in [1.82, 2.24) is 14.5 Å². The Morgan fingerprint density at radius 2 is 1.93 bits per heavy atom. The molecule has 0 N–H and O–H groups in total. The Hall–Kier alpha value is -2.60. The number of rotatable bonds is 5. The molecule has 1 aromatic heterocycles. The third-order valence-corrected chi connectivity index (χ3v) is 6.20. The van der Waals surface area contributed by atoms with Crippen molar-refractivity contribution < 1.29 is 9.53 Å². The summed E-state index contributed by atoms with van der Waals surface area (Å²) in [5.74, 6) is 2.29. The van der Waals surface area contributed by atoms with Crippen molar-refractivity contribution in [2.24, 2.45) is 5.92 Å². The van der Waals surface area contributed by atoms with Crippen LogP contribution in [-0.4, -0.2) is 40.6 Å². The van der Waals surface area contributed by atoms with E-state index in [2.05, 4.69) is 37.6 Å². The topological polar surface area (TPSA) is 47.4 Å². The molecule has 150 valence electrons. The van der Waals surface area contributed by atoms with Crippen LogP contribution in [0.3, 0.4) is 0 Å². The molecule has 5 nitrogen and oxygen atoms in total. The Balaban J connectivity index is 1.40. The maximum atomic E-state index is 13.0. The molecule has 2 aromatic carbocycles. The highest BCUT2D eigenvalue weighted by atomic mass is 79.9. The second kappa shape index (κ2) is 8.82. The molecule has 0 bridgehead atoms. The van der Waals surface area contributed by atoms with Gasteiger partial charge < -0.3 is 14.2 Å². The lowest BCUT2D eigenvalue weighted by molar-refractivity contribution is 0.0682. The van der Waals surface area contributed by atoms with Crippen molar-refractivity contribution in [3.63, 3.8) is 0 Å². The number of piperidine rings is 1. The van der Waals surface area contributed by atoms with Crippen molar-refractivity contribution in [2.45, 2.75) is 19.4 Å². The third-order valence-electron chi connectivity index (χ3n) is 5.51. The zero-order valence-electron chi connectivity index (χ0n) is 16.4. The fraction of sp³-hybridized carbons (Fsp3) is 0.304. The van der Waals surface area contributed by atoms with Gasteiger partial charge in [0.1, 0.15) is 11.6 Å². The number of likely N-dealkylation sites (tertiary alicyclic amines) is 1. The van der Waals surface area contributed by atoms with E-state index >= 15 is 0 Å². The van der Waals surface area contributed by atoms with Gasteiger partial charge in [-0.05, 0) is 52.9 Å². The summed E-state index contributed by atoms with van der Waals surface area (Å²) in [5, 5.41) is 0. The van der Waals surface area contributed by atoms with E-state index in [4.69, 9.17) is 4.74 Å². The van der Waals surface area contributed by atoms with Crippen LogP contribution in [0.5, 0.6) is 5.75 Å². The van der Waals surface area contributed by atoms with E-state index in [9.17, 15) is 4.79 Å². The predicted octanol–water partition coefficient (Wildman–Crippen LogP) is 4.87. The van der Waals surface area contributed by atoms with Crippen LogP contribution >= 0.6 is 15.9 Å². The van der Waals surface area contributed by atoms with Crippen LogP contribution in [0.15, 0.2) is 65.4 Å². The largest absolute Gasteiger partial charge is 0.497 e. The maximum absolute atomic E-state index is 13.0. The molecule has 1 aliphatic rings. The van der Waals surface area contributed by atoms with Crippen LogP contribution in [-0.2, 0) is 6.54 Å². The Kier molecular flexibility index (Phi) is 6.00. The fourth-order valence-corrected chi connectivity index (χ4v) is 4.28. The van der Waals surface area contributed by atoms with Gasteiger partial charge in [0.2, 0.25) is 0 Å². The van der Waals surface area contributed by atoms with E-state index in [1.807, 2.05) is 47.6 Å². The van der Waals surface area contributed by atoms with E-state index in [0.717, 1.165) is 48.3 Å². The Bertz CT molecular complexity index is 979. The number of amides is 1. The molecule has 3 aromatic rings. The van der Waals surface area contributed by atoms with Crippen LogP contribution < -0.4 is 4.74 Å². The van der Waals surface area contributed by atoms with Crippen molar-refractivity contribution in [1.29, 1.82) is 0 Å². The summed E-state index contributed by atoms with van der Waals surface area (Å²) in [6.07, 6.45) is 5.88. The summed E-state index contributed by atoms with van der Waals surface area (Å²) < 4.78 is 8.30. The summed E-state index contributed by atoms with van der Waals surface area (Å²) in [5.41, 5.74) is 1.79. The van der Waals surface area contributed by atoms with E-state index in [0.29, 0.717) is 17.2 Å². The van der Waals surface area contributed by atoms with Gasteiger partial charge in [-0.15, -0.1) is 0 Å². The second-order valence-electron chi connectivity index (χ2n) is 7.35. The van der Waals surface area contributed by atoms with Crippen LogP contribution in [0.25, 0.3) is 11.4 Å². The minimum Gasteiger partial charge on any atom is -0.497 e. The fourth-order valence-electron chi connectivity index (χ4n) is 3.87. The highest BCUT2D eigenvalue weighted by molar-refractivity contribution is 9.10. The molecule has 0 atom stereocenters. The van der Waals surface area contributed by atoms with Crippen LogP contribution in [0, 0.1) is 5.92 Å². The van der Waals surface area contributed by atoms with E-state index < -0.39 is 0 Å².